The molecular formula is C35H38FN3O4S. The number of para-hydroxylation sites is 1. The average Bonchev–Trinajstić information content (AvgIpc) is 3.02. The lowest BCUT2D eigenvalue weighted by atomic mass is 10.0. The van der Waals surface area contributed by atoms with E-state index in [1.54, 1.807) is 67.6 Å². The Labute approximate surface area is 259 Å². The van der Waals surface area contributed by atoms with Crippen LogP contribution in [0.15, 0.2) is 114 Å². The van der Waals surface area contributed by atoms with Crippen LogP contribution in [-0.2, 0) is 32.6 Å². The van der Waals surface area contributed by atoms with Gasteiger partial charge in [-0.15, -0.1) is 0 Å². The van der Waals surface area contributed by atoms with E-state index in [4.69, 9.17) is 0 Å². The molecule has 0 aliphatic carbocycles. The number of amides is 2. The third kappa shape index (κ3) is 8.11. The van der Waals surface area contributed by atoms with E-state index in [0.717, 1.165) is 9.87 Å². The highest BCUT2D eigenvalue weighted by atomic mass is 32.2. The Kier molecular flexibility index (Phi) is 10.9. The monoisotopic (exact) mass is 615 g/mol. The standard InChI is InChI=1S/C35H38FN3O4S/c1-26(2)23-37-35(41)33(22-28-15-6-4-7-16-28)38(24-29-17-11-12-20-31(29)36)34(40)25-39(32-21-13-10-14-27(32)3)44(42,43)30-18-8-5-9-19-30/h4-21,26,33H,22-25H2,1-3H3,(H,37,41). The molecule has 1 unspecified atom stereocenters. The van der Waals surface area contributed by atoms with Crippen LogP contribution in [0.3, 0.4) is 0 Å². The van der Waals surface area contributed by atoms with Crippen LogP contribution >= 0.6 is 0 Å². The quantitative estimate of drug-likeness (QED) is 0.208. The first-order valence-corrected chi connectivity index (χ1v) is 16.0. The number of aryl methyl sites for hydroxylation is 1. The van der Waals surface area contributed by atoms with Crippen molar-refractivity contribution in [2.45, 2.75) is 44.7 Å². The summed E-state index contributed by atoms with van der Waals surface area (Å²) in [5, 5.41) is 2.93. The minimum Gasteiger partial charge on any atom is -0.354 e. The minimum atomic E-state index is -4.20. The van der Waals surface area contributed by atoms with Crippen LogP contribution in [-0.4, -0.2) is 44.3 Å². The van der Waals surface area contributed by atoms with Gasteiger partial charge in [0.2, 0.25) is 11.8 Å². The fourth-order valence-corrected chi connectivity index (χ4v) is 6.36. The van der Waals surface area contributed by atoms with Crippen molar-refractivity contribution in [1.82, 2.24) is 10.2 Å². The first-order valence-electron chi connectivity index (χ1n) is 14.6. The molecule has 0 aliphatic rings. The number of halogens is 1. The van der Waals surface area contributed by atoms with E-state index in [2.05, 4.69) is 5.32 Å². The molecule has 7 nitrogen and oxygen atoms in total. The fourth-order valence-electron chi connectivity index (χ4n) is 4.86. The highest BCUT2D eigenvalue weighted by Gasteiger charge is 2.35. The van der Waals surface area contributed by atoms with Crippen LogP contribution < -0.4 is 9.62 Å². The topological polar surface area (TPSA) is 86.8 Å². The van der Waals surface area contributed by atoms with E-state index < -0.39 is 40.2 Å². The van der Waals surface area contributed by atoms with E-state index in [9.17, 15) is 18.0 Å². The van der Waals surface area contributed by atoms with Crippen molar-refractivity contribution in [3.8, 4) is 0 Å². The Balaban J connectivity index is 1.81. The van der Waals surface area contributed by atoms with Crippen LogP contribution in [0, 0.1) is 18.7 Å². The van der Waals surface area contributed by atoms with Gasteiger partial charge in [-0.2, -0.15) is 0 Å². The zero-order valence-corrected chi connectivity index (χ0v) is 26.0. The average molecular weight is 616 g/mol. The third-order valence-corrected chi connectivity index (χ3v) is 9.02. The van der Waals surface area contributed by atoms with Crippen LogP contribution in [0.5, 0.6) is 0 Å². The molecule has 44 heavy (non-hydrogen) atoms. The molecular weight excluding hydrogens is 577 g/mol. The van der Waals surface area contributed by atoms with Gasteiger partial charge in [-0.3, -0.25) is 13.9 Å². The third-order valence-electron chi connectivity index (χ3n) is 7.25. The van der Waals surface area contributed by atoms with Gasteiger partial charge < -0.3 is 10.2 Å². The van der Waals surface area contributed by atoms with E-state index >= 15 is 4.39 Å². The molecule has 0 radical (unpaired) electrons. The van der Waals surface area contributed by atoms with Gasteiger partial charge >= 0.3 is 0 Å². The smallest absolute Gasteiger partial charge is 0.264 e. The number of rotatable bonds is 13. The molecule has 4 aromatic carbocycles. The Morgan fingerprint density at radius 3 is 2.05 bits per heavy atom. The number of sulfonamides is 1. The second-order valence-corrected chi connectivity index (χ2v) is 12.9. The molecule has 0 aromatic heterocycles. The normalized spacial score (nSPS) is 12.0. The predicted molar refractivity (Wildman–Crippen MR) is 171 cm³/mol. The lowest BCUT2D eigenvalue weighted by Gasteiger charge is -2.34. The SMILES string of the molecule is Cc1ccccc1N(CC(=O)N(Cc1ccccc1F)C(Cc1ccccc1)C(=O)NCC(C)C)S(=O)(=O)c1ccccc1. The summed E-state index contributed by atoms with van der Waals surface area (Å²) >= 11 is 0. The Morgan fingerprint density at radius 2 is 1.41 bits per heavy atom. The van der Waals surface area contributed by atoms with Crippen molar-refractivity contribution in [2.24, 2.45) is 5.92 Å². The van der Waals surface area contributed by atoms with Crippen LogP contribution in [0.2, 0.25) is 0 Å². The zero-order chi connectivity index (χ0) is 31.7. The van der Waals surface area contributed by atoms with Gasteiger partial charge in [0.15, 0.2) is 0 Å². The Morgan fingerprint density at radius 1 is 0.818 bits per heavy atom. The second kappa shape index (κ2) is 14.8. The van der Waals surface area contributed by atoms with Crippen molar-refractivity contribution in [3.63, 3.8) is 0 Å². The molecule has 0 saturated carbocycles. The lowest BCUT2D eigenvalue weighted by Crippen LogP contribution is -2.54. The van der Waals surface area contributed by atoms with Crippen LogP contribution in [0.1, 0.15) is 30.5 Å². The molecule has 9 heteroatoms. The summed E-state index contributed by atoms with van der Waals surface area (Å²) < 4.78 is 44.2. The number of carbonyl (C=O) groups is 2. The van der Waals surface area contributed by atoms with Gasteiger partial charge in [-0.1, -0.05) is 98.8 Å². The number of hydrogen-bond donors (Lipinski definition) is 1. The largest absolute Gasteiger partial charge is 0.354 e. The Bertz CT molecular complexity index is 1660. The highest BCUT2D eigenvalue weighted by molar-refractivity contribution is 7.92. The number of nitrogens with zero attached hydrogens (tertiary/aromatic N) is 2. The number of carbonyl (C=O) groups excluding carboxylic acids is 2. The van der Waals surface area contributed by atoms with Crippen molar-refractivity contribution >= 4 is 27.5 Å². The molecule has 1 N–H and O–H groups in total. The summed E-state index contributed by atoms with van der Waals surface area (Å²) in [6, 6.07) is 29.0. The number of anilines is 1. The van der Waals surface area contributed by atoms with Gasteiger partial charge in [0, 0.05) is 25.1 Å². The van der Waals surface area contributed by atoms with Crippen molar-refractivity contribution in [1.29, 1.82) is 0 Å². The summed E-state index contributed by atoms with van der Waals surface area (Å²) in [7, 11) is -4.20. The lowest BCUT2D eigenvalue weighted by molar-refractivity contribution is -0.140. The predicted octanol–water partition coefficient (Wildman–Crippen LogP) is 5.74. The fraction of sp³-hybridized carbons (Fsp3) is 0.257. The van der Waals surface area contributed by atoms with Crippen molar-refractivity contribution in [2.75, 3.05) is 17.4 Å². The molecule has 0 bridgehead atoms. The van der Waals surface area contributed by atoms with E-state index in [1.165, 1.54) is 23.1 Å². The summed E-state index contributed by atoms with van der Waals surface area (Å²) in [5.41, 5.74) is 2.00. The number of benzene rings is 4. The molecule has 1 atom stereocenters. The molecule has 4 aromatic rings. The summed E-state index contributed by atoms with van der Waals surface area (Å²) in [6.45, 7) is 5.24. The zero-order valence-electron chi connectivity index (χ0n) is 25.2. The maximum absolute atomic E-state index is 15.0. The minimum absolute atomic E-state index is 0.0206. The molecule has 0 aliphatic heterocycles. The summed E-state index contributed by atoms with van der Waals surface area (Å²) in [5.74, 6) is -1.42. The van der Waals surface area contributed by atoms with Crippen molar-refractivity contribution < 1.29 is 22.4 Å². The van der Waals surface area contributed by atoms with E-state index in [1.807, 2.05) is 44.2 Å². The highest BCUT2D eigenvalue weighted by Crippen LogP contribution is 2.27. The first-order chi connectivity index (χ1) is 21.1. The van der Waals surface area contributed by atoms with Gasteiger partial charge in [0.25, 0.3) is 10.0 Å². The summed E-state index contributed by atoms with van der Waals surface area (Å²) in [6.07, 6.45) is 0.154. The van der Waals surface area contributed by atoms with Gasteiger partial charge in [-0.25, -0.2) is 12.8 Å². The molecule has 0 saturated heterocycles. The molecule has 0 fully saturated rings. The summed E-state index contributed by atoms with van der Waals surface area (Å²) in [4.78, 5) is 29.5. The van der Waals surface area contributed by atoms with Crippen LogP contribution in [0.4, 0.5) is 10.1 Å². The Hall–Kier alpha value is -4.50. The van der Waals surface area contributed by atoms with Gasteiger partial charge in [0.1, 0.15) is 18.4 Å². The second-order valence-electron chi connectivity index (χ2n) is 11.1. The van der Waals surface area contributed by atoms with Gasteiger partial charge in [-0.05, 0) is 48.2 Å². The molecule has 0 spiro atoms. The maximum atomic E-state index is 15.0. The molecule has 230 valence electrons. The van der Waals surface area contributed by atoms with E-state index in [0.29, 0.717) is 17.8 Å². The first kappa shape index (κ1) is 32.4. The maximum Gasteiger partial charge on any atom is 0.264 e. The molecule has 4 rings (SSSR count). The number of hydrogen-bond acceptors (Lipinski definition) is 4. The molecule has 2 amide bonds. The van der Waals surface area contributed by atoms with E-state index in [-0.39, 0.29) is 29.3 Å². The molecule has 0 heterocycles. The van der Waals surface area contributed by atoms with Crippen molar-refractivity contribution in [3.05, 3.63) is 132 Å². The van der Waals surface area contributed by atoms with Crippen LogP contribution in [0.25, 0.3) is 0 Å². The number of nitrogens with one attached hydrogen (secondary N) is 1. The van der Waals surface area contributed by atoms with Gasteiger partial charge in [0.05, 0.1) is 10.6 Å².